The third kappa shape index (κ3) is 6.72. The molecule has 0 aliphatic rings. The molecule has 0 fully saturated rings. The van der Waals surface area contributed by atoms with Crippen LogP contribution in [0.25, 0.3) is 0 Å². The zero-order valence-electron chi connectivity index (χ0n) is 7.91. The maximum absolute atomic E-state index is 10.0. The highest BCUT2D eigenvalue weighted by Gasteiger charge is 2.12. The molecule has 5 heteroatoms. The predicted molar refractivity (Wildman–Crippen MR) is 47.0 cm³/mol. The third-order valence-electron chi connectivity index (χ3n) is 1.71. The Morgan fingerprint density at radius 2 is 2.00 bits per heavy atom. The molecule has 0 saturated carbocycles. The van der Waals surface area contributed by atoms with Gasteiger partial charge in [-0.05, 0) is 6.42 Å². The van der Waals surface area contributed by atoms with Gasteiger partial charge in [-0.15, -0.1) is 0 Å². The van der Waals surface area contributed by atoms with Crippen LogP contribution in [0.4, 0.5) is 0 Å². The van der Waals surface area contributed by atoms with E-state index in [4.69, 9.17) is 0 Å². The molecule has 0 bridgehead atoms. The first-order valence-electron chi connectivity index (χ1n) is 4.02. The van der Waals surface area contributed by atoms with Crippen LogP contribution in [0.2, 0.25) is 0 Å². The van der Waals surface area contributed by atoms with Gasteiger partial charge >= 0.3 is 0 Å². The van der Waals surface area contributed by atoms with Crippen LogP contribution in [0.15, 0.2) is 0 Å². The Morgan fingerprint density at radius 1 is 1.42 bits per heavy atom. The van der Waals surface area contributed by atoms with Crippen molar-refractivity contribution < 1.29 is 17.4 Å². The van der Waals surface area contributed by atoms with E-state index in [-0.39, 0.29) is 6.61 Å². The van der Waals surface area contributed by atoms with Gasteiger partial charge in [-0.3, -0.25) is 4.18 Å². The molecule has 0 spiro atoms. The largest absolute Gasteiger partial charge is 0.750 e. The molecule has 0 aromatic rings. The number of nitrogens with zero attached hydrogens (tertiary/aromatic N) is 1. The second-order valence-electron chi connectivity index (χ2n) is 3.41. The summed E-state index contributed by atoms with van der Waals surface area (Å²) in [5.41, 5.74) is 0. The maximum Gasteiger partial charge on any atom is 0.112 e. The summed E-state index contributed by atoms with van der Waals surface area (Å²) in [6, 6.07) is 0. The minimum absolute atomic E-state index is 0.267. The van der Waals surface area contributed by atoms with Crippen molar-refractivity contribution in [3.05, 3.63) is 0 Å². The minimum atomic E-state index is -2.36. The molecule has 0 rings (SSSR count). The monoisotopic (exact) mass is 195 g/mol. The second kappa shape index (κ2) is 5.64. The smallest absolute Gasteiger partial charge is 0.112 e. The summed E-state index contributed by atoms with van der Waals surface area (Å²) in [5, 5.41) is 0. The van der Waals surface area contributed by atoms with Gasteiger partial charge in [0.2, 0.25) is 0 Å². The summed E-state index contributed by atoms with van der Waals surface area (Å²) in [7, 11) is 4.11. The molecular weight excluding hydrogens is 178 g/mol. The van der Waals surface area contributed by atoms with Crippen molar-refractivity contribution in [1.82, 2.24) is 0 Å². The van der Waals surface area contributed by atoms with Crippen LogP contribution in [-0.4, -0.2) is 47.0 Å². The SMILES string of the molecule is CCC[N+](C)(C)CCOS(=O)[O-]. The van der Waals surface area contributed by atoms with Gasteiger partial charge in [0, 0.05) is 0 Å². The molecule has 0 aliphatic carbocycles. The fourth-order valence-electron chi connectivity index (χ4n) is 1.07. The van der Waals surface area contributed by atoms with Gasteiger partial charge in [-0.25, -0.2) is 4.21 Å². The molecule has 0 heterocycles. The molecule has 0 aromatic heterocycles. The number of hydrogen-bond acceptors (Lipinski definition) is 3. The number of rotatable bonds is 6. The van der Waals surface area contributed by atoms with Crippen molar-refractivity contribution in [2.24, 2.45) is 0 Å². The number of hydrogen-bond donors (Lipinski definition) is 0. The van der Waals surface area contributed by atoms with Crippen molar-refractivity contribution in [3.8, 4) is 0 Å². The lowest BCUT2D eigenvalue weighted by Gasteiger charge is -2.29. The van der Waals surface area contributed by atoms with E-state index in [9.17, 15) is 8.76 Å². The number of quaternary nitrogens is 1. The van der Waals surface area contributed by atoms with E-state index in [1.54, 1.807) is 0 Å². The van der Waals surface area contributed by atoms with Crippen LogP contribution in [0.1, 0.15) is 13.3 Å². The highest BCUT2D eigenvalue weighted by Crippen LogP contribution is 1.98. The topological polar surface area (TPSA) is 49.4 Å². The van der Waals surface area contributed by atoms with Gasteiger partial charge in [-0.1, -0.05) is 6.92 Å². The zero-order chi connectivity index (χ0) is 9.61. The Labute approximate surface area is 76.6 Å². The van der Waals surface area contributed by atoms with Crippen LogP contribution >= 0.6 is 0 Å². The number of likely N-dealkylation sites (N-methyl/N-ethyl adjacent to an activating group) is 1. The van der Waals surface area contributed by atoms with Crippen molar-refractivity contribution in [1.29, 1.82) is 0 Å². The predicted octanol–water partition coefficient (Wildman–Crippen LogP) is 0.284. The maximum atomic E-state index is 10.0. The molecule has 12 heavy (non-hydrogen) atoms. The fraction of sp³-hybridized carbons (Fsp3) is 1.00. The van der Waals surface area contributed by atoms with Crippen LogP contribution in [0.5, 0.6) is 0 Å². The Kier molecular flexibility index (Phi) is 5.65. The second-order valence-corrected chi connectivity index (χ2v) is 4.05. The Balaban J connectivity index is 3.53. The van der Waals surface area contributed by atoms with Gasteiger partial charge in [0.1, 0.15) is 13.2 Å². The average Bonchev–Trinajstić information content (AvgIpc) is 1.85. The summed E-state index contributed by atoms with van der Waals surface area (Å²) in [4.78, 5) is 0. The third-order valence-corrected chi connectivity index (χ3v) is 2.06. The standard InChI is InChI=1S/C7H17NO3S/c1-4-5-8(2,3)6-7-11-12(9)10/h4-7H2,1-3H3. The lowest BCUT2D eigenvalue weighted by Crippen LogP contribution is -2.42. The van der Waals surface area contributed by atoms with Crippen LogP contribution < -0.4 is 0 Å². The molecule has 0 aliphatic heterocycles. The molecule has 0 aromatic carbocycles. The highest BCUT2D eigenvalue weighted by atomic mass is 32.2. The summed E-state index contributed by atoms with van der Waals surface area (Å²) in [5.74, 6) is 0. The van der Waals surface area contributed by atoms with E-state index in [1.165, 1.54) is 0 Å². The van der Waals surface area contributed by atoms with Crippen molar-refractivity contribution in [3.63, 3.8) is 0 Å². The van der Waals surface area contributed by atoms with E-state index in [2.05, 4.69) is 25.2 Å². The van der Waals surface area contributed by atoms with Crippen molar-refractivity contribution in [2.75, 3.05) is 33.8 Å². The quantitative estimate of drug-likeness (QED) is 0.452. The molecule has 0 amide bonds. The minimum Gasteiger partial charge on any atom is -0.750 e. The summed E-state index contributed by atoms with van der Waals surface area (Å²) in [6.45, 7) is 4.13. The molecule has 0 N–H and O–H groups in total. The zero-order valence-corrected chi connectivity index (χ0v) is 8.73. The summed E-state index contributed by atoms with van der Waals surface area (Å²) in [6.07, 6.45) is 1.09. The molecule has 4 nitrogen and oxygen atoms in total. The fourth-order valence-corrected chi connectivity index (χ4v) is 1.28. The van der Waals surface area contributed by atoms with Gasteiger partial charge in [0.05, 0.1) is 32.0 Å². The average molecular weight is 195 g/mol. The summed E-state index contributed by atoms with van der Waals surface area (Å²) >= 11 is -2.36. The van der Waals surface area contributed by atoms with Gasteiger partial charge in [-0.2, -0.15) is 0 Å². The first kappa shape index (κ1) is 12.0. The first-order valence-corrected chi connectivity index (χ1v) is 5.02. The van der Waals surface area contributed by atoms with E-state index in [0.29, 0.717) is 0 Å². The van der Waals surface area contributed by atoms with Gasteiger partial charge in [0.25, 0.3) is 0 Å². The van der Waals surface area contributed by atoms with E-state index in [0.717, 1.165) is 24.0 Å². The molecule has 0 saturated heterocycles. The van der Waals surface area contributed by atoms with Gasteiger partial charge < -0.3 is 9.04 Å². The van der Waals surface area contributed by atoms with Crippen LogP contribution in [0.3, 0.4) is 0 Å². The first-order chi connectivity index (χ1) is 5.48. The van der Waals surface area contributed by atoms with Crippen molar-refractivity contribution in [2.45, 2.75) is 13.3 Å². The molecule has 74 valence electrons. The van der Waals surface area contributed by atoms with Gasteiger partial charge in [0.15, 0.2) is 0 Å². The lowest BCUT2D eigenvalue weighted by molar-refractivity contribution is -0.890. The summed E-state index contributed by atoms with van der Waals surface area (Å²) < 4.78 is 25.3. The Morgan fingerprint density at radius 3 is 2.42 bits per heavy atom. The normalized spacial score (nSPS) is 14.7. The van der Waals surface area contributed by atoms with E-state index < -0.39 is 11.4 Å². The Bertz CT molecular complexity index is 150. The molecule has 1 unspecified atom stereocenters. The highest BCUT2D eigenvalue weighted by molar-refractivity contribution is 7.74. The van der Waals surface area contributed by atoms with Crippen LogP contribution in [-0.2, 0) is 15.5 Å². The molecular formula is C7H17NO3S. The van der Waals surface area contributed by atoms with E-state index >= 15 is 0 Å². The van der Waals surface area contributed by atoms with E-state index in [1.807, 2.05) is 0 Å². The molecule has 0 radical (unpaired) electrons. The Hall–Kier alpha value is 0.0300. The van der Waals surface area contributed by atoms with Crippen LogP contribution in [0, 0.1) is 0 Å². The molecule has 1 atom stereocenters. The lowest BCUT2D eigenvalue weighted by atomic mass is 10.4. The van der Waals surface area contributed by atoms with Crippen molar-refractivity contribution >= 4 is 11.4 Å².